The average Bonchev–Trinajstić information content (AvgIpc) is 2.60. The Morgan fingerprint density at radius 1 is 1.22 bits per heavy atom. The maximum atomic E-state index is 11.0. The molecule has 0 amide bonds. The number of ether oxygens (including phenoxy) is 2. The molecule has 6 heteroatoms. The first-order valence-electron chi connectivity index (χ1n) is 8.30. The molecule has 1 aromatic carbocycles. The van der Waals surface area contributed by atoms with Crippen LogP contribution < -0.4 is 9.64 Å². The summed E-state index contributed by atoms with van der Waals surface area (Å²) in [7, 11) is 0. The highest BCUT2D eigenvalue weighted by molar-refractivity contribution is 5.66. The molecule has 0 radical (unpaired) electrons. The molecule has 1 aliphatic carbocycles. The van der Waals surface area contributed by atoms with Gasteiger partial charge in [-0.05, 0) is 31.4 Å². The van der Waals surface area contributed by atoms with E-state index in [1.54, 1.807) is 12.1 Å². The van der Waals surface area contributed by atoms with E-state index in [1.807, 2.05) is 0 Å². The number of fused-ring (bicyclic) bond motifs is 2. The number of nitro benzene ring substituents is 1. The highest BCUT2D eigenvalue weighted by Gasteiger charge is 2.50. The highest BCUT2D eigenvalue weighted by atomic mass is 16.6. The zero-order valence-electron chi connectivity index (χ0n) is 13.0. The molecule has 2 fully saturated rings. The van der Waals surface area contributed by atoms with Crippen molar-refractivity contribution in [3.63, 3.8) is 0 Å². The van der Waals surface area contributed by atoms with E-state index in [0.29, 0.717) is 0 Å². The van der Waals surface area contributed by atoms with Crippen LogP contribution in [0.1, 0.15) is 31.2 Å². The van der Waals surface area contributed by atoms with Gasteiger partial charge in [-0.3, -0.25) is 15.0 Å². The second-order valence-electron chi connectivity index (χ2n) is 6.50. The number of hydrogen-bond acceptors (Lipinski definition) is 4. The van der Waals surface area contributed by atoms with Crippen LogP contribution in [0.4, 0.5) is 5.69 Å². The van der Waals surface area contributed by atoms with Crippen molar-refractivity contribution in [2.24, 2.45) is 0 Å². The van der Waals surface area contributed by atoms with Crippen molar-refractivity contribution >= 4 is 11.8 Å². The number of morpholine rings is 1. The summed E-state index contributed by atoms with van der Waals surface area (Å²) in [5.74, 6) is 0.764. The van der Waals surface area contributed by atoms with Gasteiger partial charge in [-0.25, -0.2) is 0 Å². The minimum Gasteiger partial charge on any atom is -0.436 e. The first kappa shape index (κ1) is 14.7. The lowest BCUT2D eigenvalue weighted by Crippen LogP contribution is -3.23. The van der Waals surface area contributed by atoms with Crippen LogP contribution in [-0.4, -0.2) is 37.0 Å². The van der Waals surface area contributed by atoms with Crippen molar-refractivity contribution in [1.82, 2.24) is 0 Å². The number of rotatable bonds is 2. The van der Waals surface area contributed by atoms with Crippen LogP contribution in [0.2, 0.25) is 0 Å². The molecule has 0 bridgehead atoms. The number of nitro groups is 1. The molecular formula is C17H21N2O4+. The average molecular weight is 317 g/mol. The van der Waals surface area contributed by atoms with E-state index >= 15 is 0 Å². The van der Waals surface area contributed by atoms with E-state index in [4.69, 9.17) is 9.47 Å². The van der Waals surface area contributed by atoms with E-state index in [1.165, 1.54) is 16.5 Å². The van der Waals surface area contributed by atoms with Crippen molar-refractivity contribution in [3.8, 4) is 5.75 Å². The predicted octanol–water partition coefficient (Wildman–Crippen LogP) is 1.56. The number of non-ortho nitro benzene ring substituents is 1. The zero-order chi connectivity index (χ0) is 15.9. The van der Waals surface area contributed by atoms with Gasteiger partial charge in [-0.1, -0.05) is 0 Å². The summed E-state index contributed by atoms with van der Waals surface area (Å²) in [5.41, 5.74) is 1.93. The fraction of sp³-hybridized carbons (Fsp3) is 0.529. The van der Waals surface area contributed by atoms with E-state index in [9.17, 15) is 10.1 Å². The lowest BCUT2D eigenvalue weighted by atomic mass is 9.82. The molecular weight excluding hydrogens is 296 g/mol. The summed E-state index contributed by atoms with van der Waals surface area (Å²) in [6.07, 6.45) is 6.46. The van der Waals surface area contributed by atoms with Crippen LogP contribution in [0.5, 0.6) is 5.75 Å². The molecule has 0 unspecified atom stereocenters. The molecule has 0 spiro atoms. The van der Waals surface area contributed by atoms with Crippen LogP contribution in [0.15, 0.2) is 23.8 Å². The van der Waals surface area contributed by atoms with Crippen molar-refractivity contribution in [1.29, 1.82) is 0 Å². The number of hydrogen-bond donors (Lipinski definition) is 1. The molecule has 1 aromatic rings. The summed E-state index contributed by atoms with van der Waals surface area (Å²) in [4.78, 5) is 12.1. The van der Waals surface area contributed by atoms with Gasteiger partial charge in [-0.2, -0.15) is 0 Å². The van der Waals surface area contributed by atoms with Gasteiger partial charge in [0, 0.05) is 29.7 Å². The first-order chi connectivity index (χ1) is 11.2. The highest BCUT2D eigenvalue weighted by Crippen LogP contribution is 2.41. The molecule has 1 saturated heterocycles. The minimum atomic E-state index is -0.352. The van der Waals surface area contributed by atoms with Gasteiger partial charge in [0.1, 0.15) is 18.8 Å². The molecule has 23 heavy (non-hydrogen) atoms. The van der Waals surface area contributed by atoms with Gasteiger partial charge in [0.15, 0.2) is 0 Å². The molecule has 3 aliphatic rings. The largest absolute Gasteiger partial charge is 0.436 e. The predicted molar refractivity (Wildman–Crippen MR) is 84.4 cm³/mol. The fourth-order valence-corrected chi connectivity index (χ4v) is 4.09. The number of nitrogens with zero attached hydrogens (tertiary/aromatic N) is 1. The van der Waals surface area contributed by atoms with Crippen LogP contribution in [0.3, 0.4) is 0 Å². The second kappa shape index (κ2) is 5.62. The van der Waals surface area contributed by atoms with Crippen LogP contribution >= 0.6 is 0 Å². The van der Waals surface area contributed by atoms with E-state index in [0.717, 1.165) is 63.3 Å². The summed E-state index contributed by atoms with van der Waals surface area (Å²) >= 11 is 0. The first-order valence-corrected chi connectivity index (χ1v) is 8.30. The Morgan fingerprint density at radius 3 is 2.83 bits per heavy atom. The van der Waals surface area contributed by atoms with Gasteiger partial charge in [0.05, 0.1) is 18.1 Å². The maximum absolute atomic E-state index is 11.0. The second-order valence-corrected chi connectivity index (χ2v) is 6.50. The Hall–Kier alpha value is -1.92. The van der Waals surface area contributed by atoms with Crippen molar-refractivity contribution in [2.45, 2.75) is 31.4 Å². The van der Waals surface area contributed by atoms with Gasteiger partial charge in [-0.15, -0.1) is 0 Å². The van der Waals surface area contributed by atoms with Crippen LogP contribution in [-0.2, 0) is 4.74 Å². The number of benzene rings is 1. The summed E-state index contributed by atoms with van der Waals surface area (Å²) < 4.78 is 12.0. The lowest BCUT2D eigenvalue weighted by Gasteiger charge is -2.47. The monoisotopic (exact) mass is 317 g/mol. The molecule has 0 aromatic heterocycles. The van der Waals surface area contributed by atoms with Gasteiger partial charge in [0.2, 0.25) is 0 Å². The Kier molecular flexibility index (Phi) is 3.58. The standard InChI is InChI=1S/C17H20N2O4/c20-19(21)15-4-5-16-13(12-15)11-14-3-1-2-6-17(14,23-16)18-7-9-22-10-8-18/h4-5,11-12H,1-3,6-10H2/p+1/t17-/m0/s1. The summed E-state index contributed by atoms with van der Waals surface area (Å²) in [6, 6.07) is 4.90. The third kappa shape index (κ3) is 2.42. The lowest BCUT2D eigenvalue weighted by molar-refractivity contribution is -0.975. The van der Waals surface area contributed by atoms with Crippen LogP contribution in [0, 0.1) is 10.1 Å². The molecule has 1 saturated carbocycles. The van der Waals surface area contributed by atoms with Crippen LogP contribution in [0.25, 0.3) is 6.08 Å². The third-order valence-electron chi connectivity index (χ3n) is 5.23. The fourth-order valence-electron chi connectivity index (χ4n) is 4.09. The van der Waals surface area contributed by atoms with Crippen molar-refractivity contribution in [2.75, 3.05) is 26.3 Å². The topological polar surface area (TPSA) is 66.0 Å². The number of quaternary nitrogens is 1. The molecule has 1 N–H and O–H groups in total. The zero-order valence-corrected chi connectivity index (χ0v) is 13.0. The Morgan fingerprint density at radius 2 is 2.04 bits per heavy atom. The SMILES string of the molecule is O=[N+]([O-])c1ccc2c(c1)C=C1CCCC[C@]1([NH+]1CCOCC1)O2. The van der Waals surface area contributed by atoms with Gasteiger partial charge >= 0.3 is 0 Å². The number of nitrogens with one attached hydrogen (secondary N) is 1. The smallest absolute Gasteiger partial charge is 0.270 e. The molecule has 122 valence electrons. The van der Waals surface area contributed by atoms with E-state index < -0.39 is 0 Å². The maximum Gasteiger partial charge on any atom is 0.270 e. The van der Waals surface area contributed by atoms with E-state index in [2.05, 4.69) is 6.08 Å². The molecule has 2 aliphatic heterocycles. The van der Waals surface area contributed by atoms with E-state index in [-0.39, 0.29) is 16.3 Å². The summed E-state index contributed by atoms with van der Waals surface area (Å²) in [6.45, 7) is 3.42. The minimum absolute atomic E-state index is 0.117. The normalized spacial score (nSPS) is 27.4. The van der Waals surface area contributed by atoms with Crippen molar-refractivity contribution < 1.29 is 19.3 Å². The third-order valence-corrected chi connectivity index (χ3v) is 5.23. The van der Waals surface area contributed by atoms with Gasteiger partial charge < -0.3 is 9.47 Å². The molecule has 1 atom stereocenters. The Bertz CT molecular complexity index is 667. The molecule has 4 rings (SSSR count). The van der Waals surface area contributed by atoms with Gasteiger partial charge in [0.25, 0.3) is 11.4 Å². The quantitative estimate of drug-likeness (QED) is 0.664. The summed E-state index contributed by atoms with van der Waals surface area (Å²) in [5, 5.41) is 11.0. The molecule has 2 heterocycles. The Labute approximate surface area is 134 Å². The Balaban J connectivity index is 1.75. The van der Waals surface area contributed by atoms with Crippen molar-refractivity contribution in [3.05, 3.63) is 39.4 Å². The molecule has 6 nitrogen and oxygen atoms in total.